The van der Waals surface area contributed by atoms with Gasteiger partial charge in [-0.15, -0.1) is 0 Å². The van der Waals surface area contributed by atoms with Crippen LogP contribution >= 0.6 is 0 Å². The Morgan fingerprint density at radius 3 is 1.89 bits per heavy atom. The minimum atomic E-state index is -3.58. The van der Waals surface area contributed by atoms with Crippen LogP contribution in [0, 0.1) is 5.92 Å². The minimum Gasteiger partial charge on any atom is -0.457 e. The Morgan fingerprint density at radius 1 is 0.852 bits per heavy atom. The van der Waals surface area contributed by atoms with E-state index >= 15 is 0 Å². The molecule has 1 saturated carbocycles. The van der Waals surface area contributed by atoms with Crippen LogP contribution in [0.1, 0.15) is 26.2 Å². The van der Waals surface area contributed by atoms with E-state index in [0.29, 0.717) is 28.7 Å². The lowest BCUT2D eigenvalue weighted by Gasteiger charge is -2.09. The topological polar surface area (TPSA) is 86.7 Å². The number of benzene rings is 2. The molecule has 1 fully saturated rings. The second-order valence-electron chi connectivity index (χ2n) is 6.61. The van der Waals surface area contributed by atoms with Gasteiger partial charge in [0.15, 0.2) is 9.84 Å². The fourth-order valence-electron chi connectivity index (χ4n) is 2.54. The van der Waals surface area contributed by atoms with Crippen molar-refractivity contribution in [2.45, 2.75) is 31.1 Å². The number of sulfone groups is 1. The molecule has 0 atom stereocenters. The van der Waals surface area contributed by atoms with Gasteiger partial charge in [-0.3, -0.25) is 0 Å². The second kappa shape index (κ2) is 7.90. The highest BCUT2D eigenvalue weighted by Crippen LogP contribution is 2.33. The number of rotatable bonds is 9. The zero-order chi connectivity index (χ0) is 19.5. The van der Waals surface area contributed by atoms with Gasteiger partial charge in [0.25, 0.3) is 0 Å². The minimum absolute atomic E-state index is 0.0404. The summed E-state index contributed by atoms with van der Waals surface area (Å²) >= 11 is 0. The van der Waals surface area contributed by atoms with Crippen molar-refractivity contribution in [3.63, 3.8) is 0 Å². The van der Waals surface area contributed by atoms with Gasteiger partial charge >= 0.3 is 10.1 Å². The first kappa shape index (κ1) is 19.7. The summed E-state index contributed by atoms with van der Waals surface area (Å²) in [6.45, 7) is 1.76. The Bertz CT molecular complexity index is 974. The molecule has 0 N–H and O–H groups in total. The summed E-state index contributed by atoms with van der Waals surface area (Å²) in [6.07, 6.45) is 2.45. The van der Waals surface area contributed by atoms with E-state index in [-0.39, 0.29) is 17.3 Å². The van der Waals surface area contributed by atoms with Crippen molar-refractivity contribution in [3.8, 4) is 17.2 Å². The Morgan fingerprint density at radius 2 is 1.37 bits per heavy atom. The van der Waals surface area contributed by atoms with Crippen LogP contribution < -0.4 is 8.92 Å². The molecule has 0 amide bonds. The van der Waals surface area contributed by atoms with Crippen molar-refractivity contribution in [2.75, 3.05) is 11.5 Å². The monoisotopic (exact) mass is 410 g/mol. The molecule has 8 heteroatoms. The van der Waals surface area contributed by atoms with E-state index in [1.54, 1.807) is 43.3 Å². The summed E-state index contributed by atoms with van der Waals surface area (Å²) in [4.78, 5) is 0.298. The van der Waals surface area contributed by atoms with Crippen LogP contribution in [0.5, 0.6) is 17.2 Å². The highest BCUT2D eigenvalue weighted by molar-refractivity contribution is 7.91. The smallest absolute Gasteiger partial charge is 0.309 e. The van der Waals surface area contributed by atoms with Crippen molar-refractivity contribution in [1.29, 1.82) is 0 Å². The predicted molar refractivity (Wildman–Crippen MR) is 102 cm³/mol. The van der Waals surface area contributed by atoms with Gasteiger partial charge in [0.05, 0.1) is 16.4 Å². The van der Waals surface area contributed by atoms with E-state index in [2.05, 4.69) is 0 Å². The lowest BCUT2D eigenvalue weighted by atomic mass is 10.3. The Hall–Kier alpha value is -2.06. The molecule has 0 saturated heterocycles. The lowest BCUT2D eigenvalue weighted by Crippen LogP contribution is -2.12. The summed E-state index contributed by atoms with van der Waals surface area (Å²) in [5.41, 5.74) is 0. The zero-order valence-electron chi connectivity index (χ0n) is 15.0. The first-order valence-corrected chi connectivity index (χ1v) is 12.0. The van der Waals surface area contributed by atoms with Crippen LogP contribution in [0.2, 0.25) is 0 Å². The molecular formula is C19H22O6S2. The third-order valence-electron chi connectivity index (χ3n) is 4.07. The van der Waals surface area contributed by atoms with Gasteiger partial charge in [0.2, 0.25) is 0 Å². The van der Waals surface area contributed by atoms with Crippen molar-refractivity contribution >= 4 is 20.0 Å². The SMILES string of the molecule is CCCS(=O)(=O)Oc1ccc(Oc2ccc(S(=O)(=O)CC3CC3)cc2)cc1. The Kier molecular flexibility index (Phi) is 5.76. The molecule has 0 aliphatic heterocycles. The molecule has 6 nitrogen and oxygen atoms in total. The predicted octanol–water partition coefficient (Wildman–Crippen LogP) is 3.78. The molecule has 0 aromatic heterocycles. The van der Waals surface area contributed by atoms with E-state index in [4.69, 9.17) is 8.92 Å². The lowest BCUT2D eigenvalue weighted by molar-refractivity contribution is 0.473. The fraction of sp³-hybridized carbons (Fsp3) is 0.368. The van der Waals surface area contributed by atoms with Crippen molar-refractivity contribution in [3.05, 3.63) is 48.5 Å². The van der Waals surface area contributed by atoms with Crippen LogP contribution in [-0.2, 0) is 20.0 Å². The molecule has 0 heterocycles. The van der Waals surface area contributed by atoms with Gasteiger partial charge < -0.3 is 8.92 Å². The number of hydrogen-bond acceptors (Lipinski definition) is 6. The van der Waals surface area contributed by atoms with E-state index in [1.807, 2.05) is 0 Å². The zero-order valence-corrected chi connectivity index (χ0v) is 16.6. The molecule has 2 aromatic carbocycles. The quantitative estimate of drug-likeness (QED) is 0.585. The van der Waals surface area contributed by atoms with Gasteiger partial charge in [-0.1, -0.05) is 6.92 Å². The molecular weight excluding hydrogens is 388 g/mol. The Balaban J connectivity index is 1.63. The van der Waals surface area contributed by atoms with Crippen molar-refractivity contribution < 1.29 is 25.8 Å². The summed E-state index contributed by atoms with van der Waals surface area (Å²) in [5.74, 6) is 1.67. The highest BCUT2D eigenvalue weighted by atomic mass is 32.2. The van der Waals surface area contributed by atoms with Crippen molar-refractivity contribution in [2.24, 2.45) is 5.92 Å². The van der Waals surface area contributed by atoms with Crippen LogP contribution in [0.25, 0.3) is 0 Å². The molecule has 0 unspecified atom stereocenters. The highest BCUT2D eigenvalue weighted by Gasteiger charge is 2.28. The molecule has 3 rings (SSSR count). The van der Waals surface area contributed by atoms with Gasteiger partial charge in [0, 0.05) is 0 Å². The number of hydrogen-bond donors (Lipinski definition) is 0. The first-order chi connectivity index (χ1) is 12.8. The molecule has 146 valence electrons. The average Bonchev–Trinajstić information content (AvgIpc) is 3.40. The standard InChI is InChI=1S/C19H22O6S2/c1-2-13-27(22,23)25-18-7-5-16(6-8-18)24-17-9-11-19(12-10-17)26(20,21)14-15-3-4-15/h5-12,15H,2-4,13-14H2,1H3. The molecule has 1 aliphatic carbocycles. The Labute approximate surface area is 160 Å². The van der Waals surface area contributed by atoms with Crippen LogP contribution in [0.3, 0.4) is 0 Å². The normalized spacial score (nSPS) is 14.7. The maximum absolute atomic E-state index is 12.2. The second-order valence-corrected chi connectivity index (χ2v) is 10.3. The molecule has 0 radical (unpaired) electrons. The fourth-order valence-corrected chi connectivity index (χ4v) is 5.23. The average molecular weight is 411 g/mol. The molecule has 1 aliphatic rings. The summed E-state index contributed by atoms with van der Waals surface area (Å²) < 4.78 is 58.5. The van der Waals surface area contributed by atoms with Gasteiger partial charge in [-0.05, 0) is 73.7 Å². The van der Waals surface area contributed by atoms with E-state index in [1.165, 1.54) is 12.1 Å². The van der Waals surface area contributed by atoms with Crippen LogP contribution in [0.15, 0.2) is 53.4 Å². The van der Waals surface area contributed by atoms with E-state index in [9.17, 15) is 16.8 Å². The van der Waals surface area contributed by atoms with Gasteiger partial charge in [-0.25, -0.2) is 8.42 Å². The third-order valence-corrected chi connectivity index (χ3v) is 7.33. The molecule has 0 bridgehead atoms. The van der Waals surface area contributed by atoms with E-state index < -0.39 is 20.0 Å². The molecule has 0 spiro atoms. The van der Waals surface area contributed by atoms with Crippen molar-refractivity contribution in [1.82, 2.24) is 0 Å². The number of ether oxygens (including phenoxy) is 1. The van der Waals surface area contributed by atoms with E-state index in [0.717, 1.165) is 12.8 Å². The maximum Gasteiger partial charge on any atom is 0.309 e. The van der Waals surface area contributed by atoms with Crippen LogP contribution in [-0.4, -0.2) is 28.3 Å². The first-order valence-electron chi connectivity index (χ1n) is 8.80. The summed E-state index contributed by atoms with van der Waals surface area (Å²) in [6, 6.07) is 12.5. The maximum atomic E-state index is 12.2. The largest absolute Gasteiger partial charge is 0.457 e. The molecule has 2 aromatic rings. The van der Waals surface area contributed by atoms with Crippen LogP contribution in [0.4, 0.5) is 0 Å². The third kappa shape index (κ3) is 5.71. The summed E-state index contributed by atoms with van der Waals surface area (Å²) in [7, 11) is -6.82. The van der Waals surface area contributed by atoms with Gasteiger partial charge in [0.1, 0.15) is 17.2 Å². The summed E-state index contributed by atoms with van der Waals surface area (Å²) in [5, 5.41) is 0. The molecule has 27 heavy (non-hydrogen) atoms. The van der Waals surface area contributed by atoms with Gasteiger partial charge in [-0.2, -0.15) is 8.42 Å².